The Morgan fingerprint density at radius 2 is 2.11 bits per heavy atom. The molecule has 1 aromatic carbocycles. The Kier molecular flexibility index (Phi) is 6.21. The normalized spacial score (nSPS) is 15.4. The number of carbonyl (C=O) groups is 1. The lowest BCUT2D eigenvalue weighted by Crippen LogP contribution is -2.48. The molecule has 1 aliphatic carbocycles. The minimum atomic E-state index is -0.364. The number of amides is 1. The SMILES string of the molecule is CCOC(=O)NC(CNC(=NC)NCc1oc2ccccc2c1C)C1CC1. The molecule has 3 N–H and O–H groups in total. The van der Waals surface area contributed by atoms with Crippen molar-refractivity contribution in [2.24, 2.45) is 10.9 Å². The van der Waals surface area contributed by atoms with Gasteiger partial charge in [-0.3, -0.25) is 4.99 Å². The molecule has 0 aliphatic heterocycles. The zero-order valence-corrected chi connectivity index (χ0v) is 16.2. The zero-order valence-electron chi connectivity index (χ0n) is 16.2. The van der Waals surface area contributed by atoms with E-state index < -0.39 is 0 Å². The summed E-state index contributed by atoms with van der Waals surface area (Å²) in [4.78, 5) is 16.0. The number of para-hydroxylation sites is 1. The Hall–Kier alpha value is -2.70. The molecule has 0 spiro atoms. The van der Waals surface area contributed by atoms with Crippen molar-refractivity contribution in [3.63, 3.8) is 0 Å². The fourth-order valence-electron chi connectivity index (χ4n) is 3.14. The topological polar surface area (TPSA) is 87.9 Å². The predicted molar refractivity (Wildman–Crippen MR) is 106 cm³/mol. The second kappa shape index (κ2) is 8.79. The van der Waals surface area contributed by atoms with Gasteiger partial charge in [0.05, 0.1) is 19.2 Å². The third-order valence-corrected chi connectivity index (χ3v) is 4.84. The van der Waals surface area contributed by atoms with Gasteiger partial charge in [0.25, 0.3) is 0 Å². The smallest absolute Gasteiger partial charge is 0.407 e. The molecule has 0 saturated heterocycles. The van der Waals surface area contributed by atoms with Crippen molar-refractivity contribution in [2.75, 3.05) is 20.2 Å². The number of nitrogens with one attached hydrogen (secondary N) is 3. The van der Waals surface area contributed by atoms with Crippen LogP contribution in [0, 0.1) is 12.8 Å². The van der Waals surface area contributed by atoms with E-state index in [0.29, 0.717) is 31.6 Å². The molecule has 1 fully saturated rings. The van der Waals surface area contributed by atoms with Gasteiger partial charge in [-0.2, -0.15) is 0 Å². The number of guanidine groups is 1. The molecule has 7 nitrogen and oxygen atoms in total. The Balaban J connectivity index is 1.54. The molecule has 146 valence electrons. The molecule has 7 heteroatoms. The number of furan rings is 1. The lowest BCUT2D eigenvalue weighted by atomic mass is 10.1. The van der Waals surface area contributed by atoms with Crippen molar-refractivity contribution in [2.45, 2.75) is 39.3 Å². The summed E-state index contributed by atoms with van der Waals surface area (Å²) < 4.78 is 10.9. The zero-order chi connectivity index (χ0) is 19.2. The molecule has 2 aromatic rings. The first-order chi connectivity index (χ1) is 13.1. The van der Waals surface area contributed by atoms with Crippen LogP contribution < -0.4 is 16.0 Å². The summed E-state index contributed by atoms with van der Waals surface area (Å²) in [6, 6.07) is 8.05. The number of hydrogen-bond acceptors (Lipinski definition) is 4. The minimum absolute atomic E-state index is 0.0375. The maximum atomic E-state index is 11.7. The van der Waals surface area contributed by atoms with Gasteiger partial charge < -0.3 is 25.1 Å². The van der Waals surface area contributed by atoms with E-state index in [1.807, 2.05) is 18.2 Å². The van der Waals surface area contributed by atoms with Crippen LogP contribution in [-0.2, 0) is 11.3 Å². The lowest BCUT2D eigenvalue weighted by Gasteiger charge is -2.20. The van der Waals surface area contributed by atoms with Crippen LogP contribution in [0.5, 0.6) is 0 Å². The Morgan fingerprint density at radius 1 is 1.33 bits per heavy atom. The molecule has 1 atom stereocenters. The summed E-state index contributed by atoms with van der Waals surface area (Å²) in [5, 5.41) is 10.6. The van der Waals surface area contributed by atoms with E-state index in [0.717, 1.165) is 35.1 Å². The fourth-order valence-corrected chi connectivity index (χ4v) is 3.14. The first kappa shape index (κ1) is 19.1. The summed E-state index contributed by atoms with van der Waals surface area (Å²) in [6.45, 7) is 5.37. The summed E-state index contributed by atoms with van der Waals surface area (Å²) in [7, 11) is 1.73. The molecule has 1 unspecified atom stereocenters. The quantitative estimate of drug-likeness (QED) is 0.514. The number of benzene rings is 1. The van der Waals surface area contributed by atoms with Gasteiger partial charge in [-0.25, -0.2) is 4.79 Å². The first-order valence-electron chi connectivity index (χ1n) is 9.47. The largest absolute Gasteiger partial charge is 0.459 e. The van der Waals surface area contributed by atoms with E-state index in [-0.39, 0.29) is 12.1 Å². The molecule has 1 heterocycles. The number of nitrogens with zero attached hydrogens (tertiary/aromatic N) is 1. The van der Waals surface area contributed by atoms with Gasteiger partial charge in [-0.15, -0.1) is 0 Å². The maximum Gasteiger partial charge on any atom is 0.407 e. The van der Waals surface area contributed by atoms with Crippen LogP contribution in [0.3, 0.4) is 0 Å². The number of fused-ring (bicyclic) bond motifs is 1. The second-order valence-electron chi connectivity index (χ2n) is 6.76. The highest BCUT2D eigenvalue weighted by Gasteiger charge is 2.32. The first-order valence-corrected chi connectivity index (χ1v) is 9.47. The summed E-state index contributed by atoms with van der Waals surface area (Å²) in [6.07, 6.45) is 1.89. The van der Waals surface area contributed by atoms with Gasteiger partial charge in [0.1, 0.15) is 11.3 Å². The average Bonchev–Trinajstić information content (AvgIpc) is 3.46. The molecule has 0 bridgehead atoms. The van der Waals surface area contributed by atoms with E-state index in [2.05, 4.69) is 33.9 Å². The molecule has 27 heavy (non-hydrogen) atoms. The van der Waals surface area contributed by atoms with Crippen molar-refractivity contribution in [1.82, 2.24) is 16.0 Å². The van der Waals surface area contributed by atoms with Crippen LogP contribution in [0.4, 0.5) is 4.79 Å². The van der Waals surface area contributed by atoms with Crippen LogP contribution in [0.2, 0.25) is 0 Å². The van der Waals surface area contributed by atoms with Gasteiger partial charge in [0, 0.05) is 24.5 Å². The summed E-state index contributed by atoms with van der Waals surface area (Å²) >= 11 is 0. The van der Waals surface area contributed by atoms with E-state index in [4.69, 9.17) is 9.15 Å². The molecule has 3 rings (SSSR count). The van der Waals surface area contributed by atoms with Crippen LogP contribution in [-0.4, -0.2) is 38.3 Å². The predicted octanol–water partition coefficient (Wildman–Crippen LogP) is 2.93. The summed E-state index contributed by atoms with van der Waals surface area (Å²) in [5.41, 5.74) is 2.02. The van der Waals surface area contributed by atoms with Crippen molar-refractivity contribution < 1.29 is 13.9 Å². The van der Waals surface area contributed by atoms with E-state index in [9.17, 15) is 4.79 Å². The fraction of sp³-hybridized carbons (Fsp3) is 0.500. The number of rotatable bonds is 7. The van der Waals surface area contributed by atoms with Crippen molar-refractivity contribution in [1.29, 1.82) is 0 Å². The van der Waals surface area contributed by atoms with Gasteiger partial charge >= 0.3 is 6.09 Å². The maximum absolute atomic E-state index is 11.7. The second-order valence-corrected chi connectivity index (χ2v) is 6.76. The standard InChI is InChI=1S/C20H28N4O3/c1-4-26-20(25)24-16(14-9-10-14)11-22-19(21-3)23-12-18-13(2)15-7-5-6-8-17(15)27-18/h5-8,14,16H,4,9-12H2,1-3H3,(H,24,25)(H2,21,22,23). The van der Waals surface area contributed by atoms with E-state index in [1.54, 1.807) is 14.0 Å². The highest BCUT2D eigenvalue weighted by molar-refractivity contribution is 5.83. The number of hydrogen-bond donors (Lipinski definition) is 3. The molecule has 1 amide bonds. The third-order valence-electron chi connectivity index (χ3n) is 4.84. The summed E-state index contributed by atoms with van der Waals surface area (Å²) in [5.74, 6) is 2.06. The van der Waals surface area contributed by atoms with E-state index in [1.165, 1.54) is 0 Å². The van der Waals surface area contributed by atoms with Crippen LogP contribution in [0.25, 0.3) is 11.0 Å². The number of aliphatic imine (C=N–C) groups is 1. The third kappa shape index (κ3) is 4.93. The van der Waals surface area contributed by atoms with Crippen LogP contribution in [0.1, 0.15) is 31.1 Å². The Morgan fingerprint density at radius 3 is 2.78 bits per heavy atom. The van der Waals surface area contributed by atoms with Gasteiger partial charge in [-0.05, 0) is 38.7 Å². The van der Waals surface area contributed by atoms with Gasteiger partial charge in [0.15, 0.2) is 5.96 Å². The molecular weight excluding hydrogens is 344 g/mol. The Bertz CT molecular complexity index is 811. The van der Waals surface area contributed by atoms with Crippen molar-refractivity contribution >= 4 is 23.0 Å². The molecule has 1 aliphatic rings. The number of carbonyl (C=O) groups excluding carboxylic acids is 1. The molecule has 1 aromatic heterocycles. The Labute approximate surface area is 159 Å². The monoisotopic (exact) mass is 372 g/mol. The van der Waals surface area contributed by atoms with Crippen molar-refractivity contribution in [3.05, 3.63) is 35.6 Å². The average molecular weight is 372 g/mol. The number of ether oxygens (including phenoxy) is 1. The van der Waals surface area contributed by atoms with Gasteiger partial charge in [0.2, 0.25) is 0 Å². The van der Waals surface area contributed by atoms with Crippen LogP contribution >= 0.6 is 0 Å². The van der Waals surface area contributed by atoms with Crippen LogP contribution in [0.15, 0.2) is 33.7 Å². The minimum Gasteiger partial charge on any atom is -0.459 e. The van der Waals surface area contributed by atoms with Gasteiger partial charge in [-0.1, -0.05) is 18.2 Å². The van der Waals surface area contributed by atoms with Crippen molar-refractivity contribution in [3.8, 4) is 0 Å². The highest BCUT2D eigenvalue weighted by atomic mass is 16.5. The van der Waals surface area contributed by atoms with E-state index >= 15 is 0 Å². The highest BCUT2D eigenvalue weighted by Crippen LogP contribution is 2.32. The lowest BCUT2D eigenvalue weighted by molar-refractivity contribution is 0.146. The molecule has 0 radical (unpaired) electrons. The number of aryl methyl sites for hydroxylation is 1. The molecular formula is C20H28N4O3. The molecule has 1 saturated carbocycles. The number of alkyl carbamates (subject to hydrolysis) is 1.